The lowest BCUT2D eigenvalue weighted by molar-refractivity contribution is 0.436. The fourth-order valence-corrected chi connectivity index (χ4v) is 13.2. The van der Waals surface area contributed by atoms with Crippen LogP contribution >= 0.6 is 11.8 Å². The molecule has 3 heteroatoms. The van der Waals surface area contributed by atoms with Crippen molar-refractivity contribution >= 4 is 28.8 Å². The van der Waals surface area contributed by atoms with Gasteiger partial charge in [-0.2, -0.15) is 0 Å². The number of hydrogen-bond acceptors (Lipinski definition) is 3. The molecule has 10 aromatic carbocycles. The zero-order valence-corrected chi connectivity index (χ0v) is 36.1. The summed E-state index contributed by atoms with van der Waals surface area (Å²) in [4.78, 5) is 5.08. The summed E-state index contributed by atoms with van der Waals surface area (Å²) in [6.07, 6.45) is 0. The Balaban J connectivity index is 1.07. The zero-order chi connectivity index (χ0) is 42.7. The number of benzene rings is 10. The van der Waals surface area contributed by atoms with Crippen molar-refractivity contribution < 1.29 is 4.74 Å². The second-order valence-corrected chi connectivity index (χ2v) is 18.5. The molecule has 2 spiro atoms. The lowest BCUT2D eigenvalue weighted by Crippen LogP contribution is -2.32. The first kappa shape index (κ1) is 36.6. The van der Waals surface area contributed by atoms with Crippen LogP contribution in [0.3, 0.4) is 0 Å². The molecule has 0 N–H and O–H groups in total. The first-order chi connectivity index (χ1) is 32.3. The molecule has 65 heavy (non-hydrogen) atoms. The van der Waals surface area contributed by atoms with Gasteiger partial charge in [0, 0.05) is 37.7 Å². The Morgan fingerprint density at radius 1 is 0.323 bits per heavy atom. The van der Waals surface area contributed by atoms with E-state index >= 15 is 0 Å². The predicted molar refractivity (Wildman–Crippen MR) is 265 cm³/mol. The molecule has 304 valence electrons. The summed E-state index contributed by atoms with van der Waals surface area (Å²) < 4.78 is 6.72. The molecule has 0 atom stereocenters. The van der Waals surface area contributed by atoms with Gasteiger partial charge >= 0.3 is 0 Å². The van der Waals surface area contributed by atoms with Gasteiger partial charge in [0.1, 0.15) is 11.5 Å². The van der Waals surface area contributed by atoms with E-state index in [1.807, 2.05) is 11.8 Å². The number of anilines is 3. The SMILES string of the molecule is c1ccc(-c2ccccc2N(c2ccc3c(c2)Sc2ccccc2C32c3ccccc3-c3ccccc32)c2cccc3c2-c2ccccc2C32c3ccccc3Oc3ccccc32)cc1. The highest BCUT2D eigenvalue weighted by Crippen LogP contribution is 2.66. The highest BCUT2D eigenvalue weighted by Gasteiger charge is 2.53. The van der Waals surface area contributed by atoms with Crippen molar-refractivity contribution in [1.29, 1.82) is 0 Å². The Morgan fingerprint density at radius 3 is 1.49 bits per heavy atom. The molecule has 10 aromatic rings. The fraction of sp³-hybridized carbons (Fsp3) is 0.0323. The fourth-order valence-electron chi connectivity index (χ4n) is 12.0. The summed E-state index contributed by atoms with van der Waals surface area (Å²) in [5, 5.41) is 0. The van der Waals surface area contributed by atoms with E-state index in [0.717, 1.165) is 39.7 Å². The minimum atomic E-state index is -0.594. The van der Waals surface area contributed by atoms with Gasteiger partial charge in [0.15, 0.2) is 0 Å². The summed E-state index contributed by atoms with van der Waals surface area (Å²) in [5.41, 5.74) is 19.9. The molecule has 2 nitrogen and oxygen atoms in total. The summed E-state index contributed by atoms with van der Waals surface area (Å²) in [6.45, 7) is 0. The second kappa shape index (κ2) is 13.8. The van der Waals surface area contributed by atoms with Crippen LogP contribution in [0.5, 0.6) is 11.5 Å². The molecular formula is C62H39NOS. The molecule has 0 amide bonds. The maximum atomic E-state index is 6.72. The van der Waals surface area contributed by atoms with Crippen LogP contribution in [0, 0.1) is 0 Å². The number of ether oxygens (including phenoxy) is 1. The quantitative estimate of drug-likeness (QED) is 0.175. The van der Waals surface area contributed by atoms with Crippen LogP contribution < -0.4 is 9.64 Å². The molecule has 0 saturated carbocycles. The predicted octanol–water partition coefficient (Wildman–Crippen LogP) is 16.1. The van der Waals surface area contributed by atoms with Gasteiger partial charge in [0.25, 0.3) is 0 Å². The monoisotopic (exact) mass is 845 g/mol. The first-order valence-corrected chi connectivity index (χ1v) is 23.2. The maximum Gasteiger partial charge on any atom is 0.132 e. The third kappa shape index (κ3) is 4.86. The van der Waals surface area contributed by atoms with Gasteiger partial charge < -0.3 is 9.64 Å². The van der Waals surface area contributed by atoms with Crippen LogP contribution in [0.25, 0.3) is 33.4 Å². The van der Waals surface area contributed by atoms with Gasteiger partial charge in [0.05, 0.1) is 22.2 Å². The Hall–Kier alpha value is -7.85. The Labute approximate surface area is 383 Å². The molecule has 2 aliphatic heterocycles. The summed E-state index contributed by atoms with van der Waals surface area (Å²) in [7, 11) is 0. The minimum Gasteiger partial charge on any atom is -0.457 e. The van der Waals surface area contributed by atoms with Crippen molar-refractivity contribution in [2.75, 3.05) is 4.90 Å². The van der Waals surface area contributed by atoms with Crippen molar-refractivity contribution in [3.63, 3.8) is 0 Å². The van der Waals surface area contributed by atoms with Crippen molar-refractivity contribution in [3.05, 3.63) is 281 Å². The lowest BCUT2D eigenvalue weighted by atomic mass is 9.66. The van der Waals surface area contributed by atoms with E-state index in [1.165, 1.54) is 76.6 Å². The Morgan fingerprint density at radius 2 is 0.800 bits per heavy atom. The van der Waals surface area contributed by atoms with E-state index in [0.29, 0.717) is 0 Å². The van der Waals surface area contributed by atoms with Crippen LogP contribution in [-0.4, -0.2) is 0 Å². The zero-order valence-electron chi connectivity index (χ0n) is 35.3. The number of hydrogen-bond donors (Lipinski definition) is 0. The van der Waals surface area contributed by atoms with Gasteiger partial charge in [-0.3, -0.25) is 0 Å². The lowest BCUT2D eigenvalue weighted by Gasteiger charge is -2.40. The molecule has 2 heterocycles. The van der Waals surface area contributed by atoms with Crippen molar-refractivity contribution in [3.8, 4) is 44.9 Å². The third-order valence-electron chi connectivity index (χ3n) is 14.4. The Bertz CT molecular complexity index is 3500. The van der Waals surface area contributed by atoms with Gasteiger partial charge in [-0.1, -0.05) is 206 Å². The van der Waals surface area contributed by atoms with Crippen LogP contribution in [0.4, 0.5) is 17.1 Å². The molecule has 0 fully saturated rings. The molecule has 0 radical (unpaired) electrons. The van der Waals surface area contributed by atoms with E-state index in [2.05, 4.69) is 241 Å². The number of para-hydroxylation sites is 3. The molecule has 4 aliphatic rings. The molecule has 2 aliphatic carbocycles. The van der Waals surface area contributed by atoms with Crippen LogP contribution in [0.2, 0.25) is 0 Å². The molecular weight excluding hydrogens is 807 g/mol. The second-order valence-electron chi connectivity index (χ2n) is 17.4. The first-order valence-electron chi connectivity index (χ1n) is 22.4. The van der Waals surface area contributed by atoms with E-state index in [9.17, 15) is 0 Å². The van der Waals surface area contributed by atoms with Crippen LogP contribution in [0.1, 0.15) is 44.5 Å². The molecule has 0 aromatic heterocycles. The van der Waals surface area contributed by atoms with Crippen LogP contribution in [0.15, 0.2) is 246 Å². The van der Waals surface area contributed by atoms with Crippen molar-refractivity contribution in [1.82, 2.24) is 0 Å². The third-order valence-corrected chi connectivity index (χ3v) is 15.5. The van der Waals surface area contributed by atoms with Gasteiger partial charge in [-0.05, 0) is 98.1 Å². The standard InChI is InChI=1S/C62H39NOS/c1-2-19-40(20-3-1)42-21-7-14-32-54(42)63(41-37-38-52-59(39-41)65-58-36-17-13-30-51(58)61(52)46-25-8-4-22-43(46)44-23-5-9-26-47(44)61)55-33-18-31-53-60(55)45-24-6-10-27-48(45)62(53)49-28-11-15-34-56(49)64-57-35-16-12-29-50(57)62/h1-39H. The molecule has 14 rings (SSSR count). The van der Waals surface area contributed by atoms with Gasteiger partial charge in [0.2, 0.25) is 0 Å². The normalized spacial score (nSPS) is 14.5. The molecule has 0 bridgehead atoms. The van der Waals surface area contributed by atoms with E-state index < -0.39 is 10.8 Å². The highest BCUT2D eigenvalue weighted by molar-refractivity contribution is 7.99. The van der Waals surface area contributed by atoms with Crippen molar-refractivity contribution in [2.24, 2.45) is 0 Å². The maximum absolute atomic E-state index is 6.72. The molecule has 0 saturated heterocycles. The summed E-state index contributed by atoms with van der Waals surface area (Å²) >= 11 is 1.89. The van der Waals surface area contributed by atoms with E-state index in [1.54, 1.807) is 0 Å². The van der Waals surface area contributed by atoms with Crippen molar-refractivity contribution in [2.45, 2.75) is 20.6 Å². The molecule has 0 unspecified atom stereocenters. The largest absolute Gasteiger partial charge is 0.457 e. The van der Waals surface area contributed by atoms with Gasteiger partial charge in [-0.15, -0.1) is 0 Å². The van der Waals surface area contributed by atoms with E-state index in [-0.39, 0.29) is 0 Å². The summed E-state index contributed by atoms with van der Waals surface area (Å²) in [5.74, 6) is 1.78. The summed E-state index contributed by atoms with van der Waals surface area (Å²) in [6, 6.07) is 87.5. The van der Waals surface area contributed by atoms with Crippen LogP contribution in [-0.2, 0) is 10.8 Å². The number of nitrogens with zero attached hydrogens (tertiary/aromatic N) is 1. The highest BCUT2D eigenvalue weighted by atomic mass is 32.2. The number of rotatable bonds is 4. The number of fused-ring (bicyclic) bond motifs is 18. The van der Waals surface area contributed by atoms with E-state index in [4.69, 9.17) is 4.74 Å². The minimum absolute atomic E-state index is 0.460. The average Bonchev–Trinajstić information content (AvgIpc) is 3.83. The van der Waals surface area contributed by atoms with Gasteiger partial charge in [-0.25, -0.2) is 0 Å². The Kier molecular flexibility index (Phi) is 7.79. The smallest absolute Gasteiger partial charge is 0.132 e. The topological polar surface area (TPSA) is 12.5 Å². The average molecular weight is 846 g/mol.